The van der Waals surface area contributed by atoms with Crippen LogP contribution in [0.5, 0.6) is 0 Å². The molecular weight excluding hydrogens is 186 g/mol. The highest BCUT2D eigenvalue weighted by molar-refractivity contribution is 5.85. The van der Waals surface area contributed by atoms with Crippen molar-refractivity contribution in [2.45, 2.75) is 26.2 Å². The van der Waals surface area contributed by atoms with Crippen molar-refractivity contribution in [3.8, 4) is 0 Å². The minimum absolute atomic E-state index is 0.0651. The lowest BCUT2D eigenvalue weighted by Crippen LogP contribution is -2.12. The van der Waals surface area contributed by atoms with Crippen LogP contribution in [0, 0.1) is 0 Å². The third kappa shape index (κ3) is 1.58. The zero-order valence-corrected chi connectivity index (χ0v) is 9.70. The molecule has 0 amide bonds. The molecule has 0 atom stereocenters. The highest BCUT2D eigenvalue weighted by Gasteiger charge is 2.21. The predicted octanol–water partition coefficient (Wildman–Crippen LogP) is 2.45. The van der Waals surface area contributed by atoms with E-state index in [4.69, 9.17) is 5.73 Å². The summed E-state index contributed by atoms with van der Waals surface area (Å²) in [6.45, 7) is 6.52. The molecule has 15 heavy (non-hydrogen) atoms. The summed E-state index contributed by atoms with van der Waals surface area (Å²) in [7, 11) is 1.96. The fourth-order valence-corrected chi connectivity index (χ4v) is 1.83. The van der Waals surface area contributed by atoms with Crippen LogP contribution in [-0.4, -0.2) is 9.78 Å². The lowest BCUT2D eigenvalue weighted by Gasteiger charge is -2.15. The summed E-state index contributed by atoms with van der Waals surface area (Å²) >= 11 is 0. The van der Waals surface area contributed by atoms with Crippen LogP contribution >= 0.6 is 0 Å². The summed E-state index contributed by atoms with van der Waals surface area (Å²) in [5, 5.41) is 5.76. The van der Waals surface area contributed by atoms with Crippen molar-refractivity contribution in [1.29, 1.82) is 0 Å². The Kier molecular flexibility index (Phi) is 2.00. The maximum atomic E-state index is 5.77. The van der Waals surface area contributed by atoms with Crippen LogP contribution in [0.4, 0.5) is 5.69 Å². The Hall–Kier alpha value is -1.51. The molecule has 0 aliphatic rings. The van der Waals surface area contributed by atoms with Crippen LogP contribution in [0.2, 0.25) is 0 Å². The number of hydrogen-bond donors (Lipinski definition) is 1. The molecule has 2 aromatic rings. The van der Waals surface area contributed by atoms with Gasteiger partial charge >= 0.3 is 0 Å². The molecule has 2 N–H and O–H groups in total. The first-order chi connectivity index (χ1) is 6.89. The number of fused-ring (bicyclic) bond motifs is 1. The fraction of sp³-hybridized carbons (Fsp3) is 0.417. The lowest BCUT2D eigenvalue weighted by molar-refractivity contribution is 0.558. The molecule has 0 fully saturated rings. The maximum Gasteiger partial charge on any atom is 0.0756 e. The van der Waals surface area contributed by atoms with E-state index in [1.807, 2.05) is 23.9 Å². The monoisotopic (exact) mass is 203 g/mol. The Bertz CT molecular complexity index is 503. The van der Waals surface area contributed by atoms with Crippen molar-refractivity contribution in [1.82, 2.24) is 9.78 Å². The standard InChI is InChI=1S/C12H17N3/c1-12(2,3)11-9-6-5-8(13)7-10(9)15(4)14-11/h5-7H,13H2,1-4H3. The topological polar surface area (TPSA) is 43.8 Å². The van der Waals surface area contributed by atoms with Gasteiger partial charge in [-0.05, 0) is 18.2 Å². The van der Waals surface area contributed by atoms with E-state index in [1.165, 1.54) is 5.39 Å². The van der Waals surface area contributed by atoms with Crippen molar-refractivity contribution in [3.05, 3.63) is 23.9 Å². The molecule has 1 aromatic carbocycles. The van der Waals surface area contributed by atoms with Gasteiger partial charge in [0.2, 0.25) is 0 Å². The molecule has 80 valence electrons. The molecule has 3 heteroatoms. The number of hydrogen-bond acceptors (Lipinski definition) is 2. The Morgan fingerprint density at radius 1 is 1.27 bits per heavy atom. The molecule has 1 heterocycles. The SMILES string of the molecule is Cn1nc(C(C)(C)C)c2ccc(N)cc21. The number of benzene rings is 1. The number of nitrogen functional groups attached to an aromatic ring is 1. The van der Waals surface area contributed by atoms with Crippen LogP contribution < -0.4 is 5.73 Å². The molecule has 0 radical (unpaired) electrons. The van der Waals surface area contributed by atoms with Crippen LogP contribution in [-0.2, 0) is 12.5 Å². The molecule has 3 nitrogen and oxygen atoms in total. The van der Waals surface area contributed by atoms with Gasteiger partial charge in [0.1, 0.15) is 0 Å². The van der Waals surface area contributed by atoms with Crippen LogP contribution in [0.3, 0.4) is 0 Å². The second-order valence-corrected chi connectivity index (χ2v) is 5.00. The van der Waals surface area contributed by atoms with Gasteiger partial charge in [0.15, 0.2) is 0 Å². The number of aryl methyl sites for hydroxylation is 1. The van der Waals surface area contributed by atoms with Gasteiger partial charge in [-0.2, -0.15) is 5.10 Å². The predicted molar refractivity (Wildman–Crippen MR) is 63.8 cm³/mol. The van der Waals surface area contributed by atoms with Gasteiger partial charge in [0.25, 0.3) is 0 Å². The molecule has 0 spiro atoms. The summed E-state index contributed by atoms with van der Waals surface area (Å²) in [4.78, 5) is 0. The van der Waals surface area contributed by atoms with Crippen LogP contribution in [0.25, 0.3) is 10.9 Å². The highest BCUT2D eigenvalue weighted by atomic mass is 15.3. The van der Waals surface area contributed by atoms with E-state index in [-0.39, 0.29) is 5.41 Å². The Morgan fingerprint density at radius 2 is 1.93 bits per heavy atom. The van der Waals surface area contributed by atoms with Crippen molar-refractivity contribution in [2.24, 2.45) is 7.05 Å². The first-order valence-corrected chi connectivity index (χ1v) is 5.12. The number of anilines is 1. The maximum absolute atomic E-state index is 5.77. The first-order valence-electron chi connectivity index (χ1n) is 5.12. The molecule has 0 saturated heterocycles. The van der Waals surface area contributed by atoms with Gasteiger partial charge in [-0.3, -0.25) is 4.68 Å². The zero-order valence-electron chi connectivity index (χ0n) is 9.70. The smallest absolute Gasteiger partial charge is 0.0756 e. The third-order valence-corrected chi connectivity index (χ3v) is 2.59. The van der Waals surface area contributed by atoms with Crippen molar-refractivity contribution >= 4 is 16.6 Å². The zero-order chi connectivity index (χ0) is 11.2. The summed E-state index contributed by atoms with van der Waals surface area (Å²) in [5.74, 6) is 0. The first kappa shape index (κ1) is 10.0. The van der Waals surface area contributed by atoms with Gasteiger partial charge in [0.05, 0.1) is 11.2 Å². The van der Waals surface area contributed by atoms with Crippen molar-refractivity contribution in [3.63, 3.8) is 0 Å². The van der Waals surface area contributed by atoms with Gasteiger partial charge in [-0.15, -0.1) is 0 Å². The second kappa shape index (κ2) is 2.99. The third-order valence-electron chi connectivity index (χ3n) is 2.59. The fourth-order valence-electron chi connectivity index (χ4n) is 1.83. The van der Waals surface area contributed by atoms with Gasteiger partial charge in [-0.25, -0.2) is 0 Å². The highest BCUT2D eigenvalue weighted by Crippen LogP contribution is 2.29. The molecule has 0 aliphatic heterocycles. The lowest BCUT2D eigenvalue weighted by atomic mass is 9.90. The normalized spacial score (nSPS) is 12.3. The number of nitrogens with zero attached hydrogens (tertiary/aromatic N) is 2. The quantitative estimate of drug-likeness (QED) is 0.668. The summed E-state index contributed by atoms with van der Waals surface area (Å²) in [6, 6.07) is 5.95. The molecular formula is C12H17N3. The van der Waals surface area contributed by atoms with Gasteiger partial charge in [0, 0.05) is 23.5 Å². The Balaban J connectivity index is 2.79. The van der Waals surface area contributed by atoms with E-state index in [2.05, 4.69) is 31.9 Å². The second-order valence-electron chi connectivity index (χ2n) is 5.00. The number of aromatic nitrogens is 2. The molecule has 2 rings (SSSR count). The minimum Gasteiger partial charge on any atom is -0.399 e. The summed E-state index contributed by atoms with van der Waals surface area (Å²) in [6.07, 6.45) is 0. The Morgan fingerprint density at radius 3 is 2.53 bits per heavy atom. The van der Waals surface area contributed by atoms with E-state index < -0.39 is 0 Å². The van der Waals surface area contributed by atoms with E-state index in [9.17, 15) is 0 Å². The molecule has 0 saturated carbocycles. The molecule has 0 bridgehead atoms. The van der Waals surface area contributed by atoms with Crippen molar-refractivity contribution < 1.29 is 0 Å². The van der Waals surface area contributed by atoms with Crippen LogP contribution in [0.15, 0.2) is 18.2 Å². The summed E-state index contributed by atoms with van der Waals surface area (Å²) < 4.78 is 1.90. The summed E-state index contributed by atoms with van der Waals surface area (Å²) in [5.41, 5.74) is 8.84. The molecule has 0 unspecified atom stereocenters. The number of rotatable bonds is 0. The van der Waals surface area contributed by atoms with E-state index >= 15 is 0 Å². The van der Waals surface area contributed by atoms with E-state index in [0.29, 0.717) is 0 Å². The minimum atomic E-state index is 0.0651. The van der Waals surface area contributed by atoms with Gasteiger partial charge < -0.3 is 5.73 Å². The number of nitrogens with two attached hydrogens (primary N) is 1. The van der Waals surface area contributed by atoms with Crippen molar-refractivity contribution in [2.75, 3.05) is 5.73 Å². The average molecular weight is 203 g/mol. The van der Waals surface area contributed by atoms with E-state index in [0.717, 1.165) is 16.9 Å². The largest absolute Gasteiger partial charge is 0.399 e. The van der Waals surface area contributed by atoms with Crippen LogP contribution in [0.1, 0.15) is 26.5 Å². The van der Waals surface area contributed by atoms with E-state index in [1.54, 1.807) is 0 Å². The average Bonchev–Trinajstić information content (AvgIpc) is 2.43. The molecule has 1 aromatic heterocycles. The van der Waals surface area contributed by atoms with Gasteiger partial charge in [-0.1, -0.05) is 20.8 Å². The Labute approximate surface area is 89.9 Å². The molecule has 0 aliphatic carbocycles.